The lowest BCUT2D eigenvalue weighted by molar-refractivity contribution is -0.116. The summed E-state index contributed by atoms with van der Waals surface area (Å²) in [6.07, 6.45) is 1.07. The first-order chi connectivity index (χ1) is 16.4. The van der Waals surface area contributed by atoms with Gasteiger partial charge in [-0.25, -0.2) is 4.68 Å². The molecule has 0 aliphatic rings. The van der Waals surface area contributed by atoms with Crippen molar-refractivity contribution in [2.45, 2.75) is 33.6 Å². The highest BCUT2D eigenvalue weighted by atomic mass is 16.5. The predicted molar refractivity (Wildman–Crippen MR) is 133 cm³/mol. The summed E-state index contributed by atoms with van der Waals surface area (Å²) in [6.45, 7) is 6.04. The first kappa shape index (κ1) is 23.0. The molecule has 1 amide bonds. The van der Waals surface area contributed by atoms with Crippen LogP contribution in [-0.2, 0) is 11.2 Å². The van der Waals surface area contributed by atoms with Gasteiger partial charge in [0.05, 0.1) is 12.8 Å². The van der Waals surface area contributed by atoms with Gasteiger partial charge in [0.1, 0.15) is 5.75 Å². The molecule has 0 saturated heterocycles. The van der Waals surface area contributed by atoms with Crippen molar-refractivity contribution in [2.24, 2.45) is 0 Å². The molecule has 4 rings (SSSR count). The third-order valence-electron chi connectivity index (χ3n) is 5.76. The number of carbonyl (C=O) groups is 1. The van der Waals surface area contributed by atoms with Crippen molar-refractivity contribution in [3.05, 3.63) is 83.2 Å². The van der Waals surface area contributed by atoms with Crippen molar-refractivity contribution in [1.82, 2.24) is 20.0 Å². The maximum Gasteiger partial charge on any atom is 0.224 e. The first-order valence-electron chi connectivity index (χ1n) is 11.1. The third kappa shape index (κ3) is 5.40. The van der Waals surface area contributed by atoms with Crippen LogP contribution >= 0.6 is 0 Å². The Morgan fingerprint density at radius 2 is 1.62 bits per heavy atom. The fraction of sp³-hybridized carbons (Fsp3) is 0.231. The Balaban J connectivity index is 1.30. The number of ether oxygens (including phenoxy) is 1. The number of rotatable bonds is 8. The van der Waals surface area contributed by atoms with Crippen LogP contribution in [0.4, 0.5) is 17.2 Å². The van der Waals surface area contributed by atoms with E-state index in [1.807, 2.05) is 81.4 Å². The van der Waals surface area contributed by atoms with E-state index in [1.165, 1.54) is 0 Å². The summed E-state index contributed by atoms with van der Waals surface area (Å²) in [5.74, 6) is 2.07. The van der Waals surface area contributed by atoms with Gasteiger partial charge in [-0.3, -0.25) is 4.79 Å². The standard InChI is InChI=1S/C26H28N6O2/c1-17-18(2)31-32(19(17)3)25-15-14-24(29-30-25)27-21-8-10-22(11-9-21)28-26(33)16-7-20-5-12-23(34-4)13-6-20/h5-6,8-15H,7,16H2,1-4H3,(H,27,29)(H,28,33). The van der Waals surface area contributed by atoms with E-state index >= 15 is 0 Å². The summed E-state index contributed by atoms with van der Waals surface area (Å²) in [5.41, 5.74) is 5.86. The largest absolute Gasteiger partial charge is 0.497 e. The van der Waals surface area contributed by atoms with Crippen LogP contribution in [0.25, 0.3) is 5.82 Å². The lowest BCUT2D eigenvalue weighted by Gasteiger charge is -2.09. The molecule has 8 heteroatoms. The zero-order valence-corrected chi connectivity index (χ0v) is 19.8. The van der Waals surface area contributed by atoms with E-state index in [0.717, 1.165) is 39.6 Å². The fourth-order valence-corrected chi connectivity index (χ4v) is 3.51. The summed E-state index contributed by atoms with van der Waals surface area (Å²) in [5, 5.41) is 19.2. The van der Waals surface area contributed by atoms with Gasteiger partial charge in [0.25, 0.3) is 0 Å². The lowest BCUT2D eigenvalue weighted by Crippen LogP contribution is -2.12. The molecular weight excluding hydrogens is 428 g/mol. The van der Waals surface area contributed by atoms with Gasteiger partial charge in [-0.15, -0.1) is 10.2 Å². The molecule has 0 aliphatic heterocycles. The van der Waals surface area contributed by atoms with Crippen LogP contribution < -0.4 is 15.4 Å². The van der Waals surface area contributed by atoms with Crippen molar-refractivity contribution in [1.29, 1.82) is 0 Å². The van der Waals surface area contributed by atoms with Crippen LogP contribution in [0.2, 0.25) is 0 Å². The van der Waals surface area contributed by atoms with Gasteiger partial charge in [-0.2, -0.15) is 5.10 Å². The maximum absolute atomic E-state index is 12.3. The number of nitrogens with one attached hydrogen (secondary N) is 2. The number of anilines is 3. The van der Waals surface area contributed by atoms with Gasteiger partial charge in [0, 0.05) is 23.5 Å². The number of hydrogen-bond donors (Lipinski definition) is 2. The van der Waals surface area contributed by atoms with E-state index in [4.69, 9.17) is 4.74 Å². The van der Waals surface area contributed by atoms with Gasteiger partial charge in [-0.1, -0.05) is 12.1 Å². The summed E-state index contributed by atoms with van der Waals surface area (Å²) in [6, 6.07) is 19.0. The van der Waals surface area contributed by atoms with Crippen LogP contribution in [0.1, 0.15) is 28.9 Å². The Kier molecular flexibility index (Phi) is 6.87. The van der Waals surface area contributed by atoms with Crippen LogP contribution in [0.5, 0.6) is 5.75 Å². The third-order valence-corrected chi connectivity index (χ3v) is 5.76. The number of aryl methyl sites for hydroxylation is 2. The quantitative estimate of drug-likeness (QED) is 0.391. The monoisotopic (exact) mass is 456 g/mol. The second-order valence-corrected chi connectivity index (χ2v) is 8.08. The molecule has 2 N–H and O–H groups in total. The molecule has 0 spiro atoms. The molecule has 0 saturated carbocycles. The highest BCUT2D eigenvalue weighted by molar-refractivity contribution is 5.91. The molecule has 0 radical (unpaired) electrons. The number of aromatic nitrogens is 4. The van der Waals surface area contributed by atoms with E-state index in [2.05, 4.69) is 25.9 Å². The number of methoxy groups -OCH3 is 1. The molecular formula is C26H28N6O2. The molecule has 2 heterocycles. The molecule has 0 aliphatic carbocycles. The highest BCUT2D eigenvalue weighted by Gasteiger charge is 2.10. The van der Waals surface area contributed by atoms with Gasteiger partial charge in [0.15, 0.2) is 11.6 Å². The molecule has 174 valence electrons. The molecule has 4 aromatic rings. The fourth-order valence-electron chi connectivity index (χ4n) is 3.51. The van der Waals surface area contributed by atoms with Crippen molar-refractivity contribution >= 4 is 23.1 Å². The molecule has 2 aromatic heterocycles. The van der Waals surface area contributed by atoms with Crippen molar-refractivity contribution in [3.8, 4) is 11.6 Å². The van der Waals surface area contributed by atoms with Crippen LogP contribution in [0.15, 0.2) is 60.7 Å². The van der Waals surface area contributed by atoms with E-state index in [1.54, 1.807) is 11.8 Å². The molecule has 0 atom stereocenters. The zero-order chi connectivity index (χ0) is 24.1. The number of nitrogens with zero attached hydrogens (tertiary/aromatic N) is 4. The molecule has 0 bridgehead atoms. The molecule has 0 unspecified atom stereocenters. The first-order valence-corrected chi connectivity index (χ1v) is 11.1. The Labute approximate surface area is 199 Å². The minimum atomic E-state index is -0.0302. The SMILES string of the molecule is COc1ccc(CCC(=O)Nc2ccc(Nc3ccc(-n4nc(C)c(C)c4C)nn3)cc2)cc1. The van der Waals surface area contributed by atoms with Crippen LogP contribution in [0, 0.1) is 20.8 Å². The average molecular weight is 457 g/mol. The Morgan fingerprint density at radius 1 is 0.912 bits per heavy atom. The number of benzene rings is 2. The Bertz CT molecular complexity index is 1260. The highest BCUT2D eigenvalue weighted by Crippen LogP contribution is 2.20. The van der Waals surface area contributed by atoms with Gasteiger partial charge in [-0.05, 0) is 86.8 Å². The van der Waals surface area contributed by atoms with Crippen molar-refractivity contribution in [3.63, 3.8) is 0 Å². The average Bonchev–Trinajstić information content (AvgIpc) is 3.12. The van der Waals surface area contributed by atoms with Gasteiger partial charge in [0.2, 0.25) is 5.91 Å². The van der Waals surface area contributed by atoms with Crippen molar-refractivity contribution in [2.75, 3.05) is 17.7 Å². The lowest BCUT2D eigenvalue weighted by atomic mass is 10.1. The van der Waals surface area contributed by atoms with Gasteiger partial charge < -0.3 is 15.4 Å². The minimum Gasteiger partial charge on any atom is -0.497 e. The summed E-state index contributed by atoms with van der Waals surface area (Å²) in [7, 11) is 1.64. The summed E-state index contributed by atoms with van der Waals surface area (Å²) < 4.78 is 6.96. The van der Waals surface area contributed by atoms with E-state index in [-0.39, 0.29) is 5.91 Å². The smallest absolute Gasteiger partial charge is 0.224 e. The van der Waals surface area contributed by atoms with E-state index in [0.29, 0.717) is 24.5 Å². The molecule has 2 aromatic carbocycles. The second kappa shape index (κ2) is 10.2. The zero-order valence-electron chi connectivity index (χ0n) is 19.8. The second-order valence-electron chi connectivity index (χ2n) is 8.08. The Hall–Kier alpha value is -4.20. The Morgan fingerprint density at radius 3 is 2.21 bits per heavy atom. The van der Waals surface area contributed by atoms with Gasteiger partial charge >= 0.3 is 0 Å². The normalized spacial score (nSPS) is 10.7. The maximum atomic E-state index is 12.3. The number of carbonyl (C=O) groups excluding carboxylic acids is 1. The molecule has 0 fully saturated rings. The minimum absolute atomic E-state index is 0.0302. The van der Waals surface area contributed by atoms with Crippen molar-refractivity contribution < 1.29 is 9.53 Å². The summed E-state index contributed by atoms with van der Waals surface area (Å²) in [4.78, 5) is 12.3. The van der Waals surface area contributed by atoms with E-state index in [9.17, 15) is 4.79 Å². The van der Waals surface area contributed by atoms with E-state index < -0.39 is 0 Å². The van der Waals surface area contributed by atoms with Crippen LogP contribution in [-0.4, -0.2) is 33.0 Å². The molecule has 8 nitrogen and oxygen atoms in total. The van der Waals surface area contributed by atoms with Crippen LogP contribution in [0.3, 0.4) is 0 Å². The number of hydrogen-bond acceptors (Lipinski definition) is 6. The number of amides is 1. The topological polar surface area (TPSA) is 94.0 Å². The predicted octanol–water partition coefficient (Wildman–Crippen LogP) is 4.91. The summed E-state index contributed by atoms with van der Waals surface area (Å²) >= 11 is 0. The molecule has 34 heavy (non-hydrogen) atoms.